The molecule has 2 heterocycles. The Hall–Kier alpha value is -2.51. The van der Waals surface area contributed by atoms with Crippen molar-refractivity contribution < 1.29 is 18.3 Å². The quantitative estimate of drug-likeness (QED) is 0.466. The molecule has 25 heavy (non-hydrogen) atoms. The van der Waals surface area contributed by atoms with Gasteiger partial charge in [0.2, 0.25) is 0 Å². The van der Waals surface area contributed by atoms with Crippen LogP contribution >= 0.6 is 22.9 Å². The van der Waals surface area contributed by atoms with Crippen molar-refractivity contribution in [1.82, 2.24) is 10.2 Å². The first kappa shape index (κ1) is 17.3. The Kier molecular flexibility index (Phi) is 5.25. The summed E-state index contributed by atoms with van der Waals surface area (Å²) in [5.41, 5.74) is 0.117. The molecule has 0 spiro atoms. The average molecular weight is 379 g/mol. The van der Waals surface area contributed by atoms with Crippen molar-refractivity contribution in [3.63, 3.8) is 0 Å². The normalized spacial score (nSPS) is 12.4. The number of ether oxygens (including phenoxy) is 1. The summed E-state index contributed by atoms with van der Waals surface area (Å²) in [5, 5.41) is 9.89. The van der Waals surface area contributed by atoms with Crippen molar-refractivity contribution in [3.8, 4) is 10.8 Å². The zero-order chi connectivity index (χ0) is 17.8. The molecule has 0 aliphatic heterocycles. The molecule has 0 bridgehead atoms. The number of hydrogen-bond donors (Lipinski definition) is 0. The fraction of sp³-hybridized carbons (Fsp3) is 0.118. The number of rotatable bonds is 5. The third-order valence-corrected chi connectivity index (χ3v) is 4.39. The molecular formula is C17H12ClFN2O3S. The van der Waals surface area contributed by atoms with E-state index >= 15 is 0 Å². The van der Waals surface area contributed by atoms with Crippen molar-refractivity contribution in [2.45, 2.75) is 13.0 Å². The molecule has 0 fully saturated rings. The van der Waals surface area contributed by atoms with Crippen LogP contribution in [0.2, 0.25) is 5.02 Å². The van der Waals surface area contributed by atoms with Crippen LogP contribution in [0.5, 0.6) is 0 Å². The van der Waals surface area contributed by atoms with Crippen LogP contribution in [0.1, 0.15) is 24.5 Å². The molecule has 5 nitrogen and oxygen atoms in total. The number of aromatic nitrogens is 2. The number of benzene rings is 1. The molecule has 3 rings (SSSR count). The van der Waals surface area contributed by atoms with Gasteiger partial charge in [0.15, 0.2) is 6.10 Å². The Morgan fingerprint density at radius 3 is 2.92 bits per heavy atom. The van der Waals surface area contributed by atoms with Gasteiger partial charge in [-0.15, -0.1) is 21.5 Å². The summed E-state index contributed by atoms with van der Waals surface area (Å²) in [5.74, 6) is -0.666. The zero-order valence-corrected chi connectivity index (χ0v) is 14.6. The lowest BCUT2D eigenvalue weighted by atomic mass is 10.2. The van der Waals surface area contributed by atoms with Crippen LogP contribution in [-0.4, -0.2) is 16.2 Å². The highest BCUT2D eigenvalue weighted by Crippen LogP contribution is 2.26. The number of halogens is 2. The zero-order valence-electron chi connectivity index (χ0n) is 13.0. The van der Waals surface area contributed by atoms with Gasteiger partial charge in [0.1, 0.15) is 5.82 Å². The van der Waals surface area contributed by atoms with Crippen molar-refractivity contribution in [2.24, 2.45) is 0 Å². The largest absolute Gasteiger partial charge is 0.449 e. The number of esters is 1. The van der Waals surface area contributed by atoms with Crippen molar-refractivity contribution in [2.75, 3.05) is 0 Å². The SMILES string of the molecule is CC(OC(=O)/C=C/c1c(F)cccc1Cl)c1nnc(-c2cccs2)o1. The van der Waals surface area contributed by atoms with E-state index in [1.807, 2.05) is 17.5 Å². The van der Waals surface area contributed by atoms with Gasteiger partial charge in [0, 0.05) is 11.6 Å². The Morgan fingerprint density at radius 1 is 1.36 bits per heavy atom. The summed E-state index contributed by atoms with van der Waals surface area (Å²) < 4.78 is 24.3. The number of carbonyl (C=O) groups is 1. The van der Waals surface area contributed by atoms with Crippen LogP contribution in [0, 0.1) is 5.82 Å². The van der Waals surface area contributed by atoms with Gasteiger partial charge >= 0.3 is 5.97 Å². The van der Waals surface area contributed by atoms with E-state index in [9.17, 15) is 9.18 Å². The Labute approximate surface area is 151 Å². The van der Waals surface area contributed by atoms with Gasteiger partial charge in [-0.25, -0.2) is 9.18 Å². The van der Waals surface area contributed by atoms with Crippen molar-refractivity contribution in [1.29, 1.82) is 0 Å². The number of hydrogen-bond acceptors (Lipinski definition) is 6. The molecule has 3 aromatic rings. The van der Waals surface area contributed by atoms with E-state index < -0.39 is 17.9 Å². The van der Waals surface area contributed by atoms with E-state index in [4.69, 9.17) is 20.8 Å². The highest BCUT2D eigenvalue weighted by atomic mass is 35.5. The van der Waals surface area contributed by atoms with E-state index in [1.165, 1.54) is 35.6 Å². The molecule has 0 saturated heterocycles. The van der Waals surface area contributed by atoms with Crippen LogP contribution in [0.25, 0.3) is 16.8 Å². The molecule has 128 valence electrons. The van der Waals surface area contributed by atoms with E-state index in [-0.39, 0.29) is 16.5 Å². The average Bonchev–Trinajstić information content (AvgIpc) is 3.25. The summed E-state index contributed by atoms with van der Waals surface area (Å²) in [7, 11) is 0. The van der Waals surface area contributed by atoms with Crippen LogP contribution in [0.15, 0.2) is 46.2 Å². The smallest absolute Gasteiger partial charge is 0.331 e. The standard InChI is InChI=1S/C17H12ClFN2O3S/c1-10(16-20-21-17(24-16)14-6-3-9-25-14)23-15(22)8-7-11-12(18)4-2-5-13(11)19/h2-10H,1H3/b8-7+. The molecular weight excluding hydrogens is 367 g/mol. The summed E-state index contributed by atoms with van der Waals surface area (Å²) in [6.45, 7) is 1.60. The van der Waals surface area contributed by atoms with Crippen molar-refractivity contribution >= 4 is 35.0 Å². The second-order valence-electron chi connectivity index (χ2n) is 4.97. The Bertz CT molecular complexity index is 888. The predicted molar refractivity (Wildman–Crippen MR) is 92.6 cm³/mol. The maximum atomic E-state index is 13.6. The first-order valence-electron chi connectivity index (χ1n) is 7.24. The molecule has 1 atom stereocenters. The number of thiophene rings is 1. The molecule has 1 unspecified atom stereocenters. The van der Waals surface area contributed by atoms with Crippen LogP contribution < -0.4 is 0 Å². The Morgan fingerprint density at radius 2 is 2.20 bits per heavy atom. The molecule has 0 aliphatic carbocycles. The van der Waals surface area contributed by atoms with Gasteiger partial charge < -0.3 is 9.15 Å². The molecule has 0 radical (unpaired) electrons. The minimum absolute atomic E-state index is 0.117. The molecule has 1 aromatic carbocycles. The second kappa shape index (κ2) is 7.58. The van der Waals surface area contributed by atoms with Gasteiger partial charge in [-0.1, -0.05) is 23.7 Å². The monoisotopic (exact) mass is 378 g/mol. The lowest BCUT2D eigenvalue weighted by molar-refractivity contribution is -0.143. The number of carbonyl (C=O) groups excluding carboxylic acids is 1. The number of nitrogens with zero attached hydrogens (tertiary/aromatic N) is 2. The molecule has 0 amide bonds. The molecule has 0 saturated carbocycles. The lowest BCUT2D eigenvalue weighted by Crippen LogP contribution is -2.06. The summed E-state index contributed by atoms with van der Waals surface area (Å²) in [6.07, 6.45) is 1.61. The van der Waals surface area contributed by atoms with Gasteiger partial charge in [0.25, 0.3) is 11.8 Å². The van der Waals surface area contributed by atoms with E-state index in [0.717, 1.165) is 11.0 Å². The second-order valence-corrected chi connectivity index (χ2v) is 6.33. The van der Waals surface area contributed by atoms with Gasteiger partial charge in [0.05, 0.1) is 9.90 Å². The van der Waals surface area contributed by atoms with Crippen LogP contribution in [-0.2, 0) is 9.53 Å². The Balaban J connectivity index is 1.66. The molecule has 2 aromatic heterocycles. The fourth-order valence-electron chi connectivity index (χ4n) is 1.98. The molecule has 0 N–H and O–H groups in total. The van der Waals surface area contributed by atoms with Crippen molar-refractivity contribution in [3.05, 3.63) is 64.1 Å². The minimum atomic E-state index is -0.741. The van der Waals surface area contributed by atoms with E-state index in [2.05, 4.69) is 10.2 Å². The first-order valence-corrected chi connectivity index (χ1v) is 8.50. The van der Waals surface area contributed by atoms with Crippen LogP contribution in [0.3, 0.4) is 0 Å². The highest BCUT2D eigenvalue weighted by molar-refractivity contribution is 7.13. The van der Waals surface area contributed by atoms with E-state index in [0.29, 0.717) is 5.89 Å². The summed E-state index contributed by atoms with van der Waals surface area (Å²) in [6, 6.07) is 7.98. The van der Waals surface area contributed by atoms with E-state index in [1.54, 1.807) is 6.92 Å². The molecule has 0 aliphatic rings. The fourth-order valence-corrected chi connectivity index (χ4v) is 2.85. The van der Waals surface area contributed by atoms with Gasteiger partial charge in [-0.05, 0) is 36.6 Å². The summed E-state index contributed by atoms with van der Waals surface area (Å²) >= 11 is 7.35. The third-order valence-electron chi connectivity index (χ3n) is 3.20. The molecule has 8 heteroatoms. The third kappa shape index (κ3) is 4.12. The van der Waals surface area contributed by atoms with Gasteiger partial charge in [-0.2, -0.15) is 0 Å². The van der Waals surface area contributed by atoms with Gasteiger partial charge in [-0.3, -0.25) is 0 Å². The first-order chi connectivity index (χ1) is 12.0. The predicted octanol–water partition coefficient (Wildman–Crippen LogP) is 4.91. The maximum absolute atomic E-state index is 13.6. The highest BCUT2D eigenvalue weighted by Gasteiger charge is 2.18. The maximum Gasteiger partial charge on any atom is 0.331 e. The van der Waals surface area contributed by atoms with Crippen LogP contribution in [0.4, 0.5) is 4.39 Å². The minimum Gasteiger partial charge on any atom is -0.449 e. The topological polar surface area (TPSA) is 65.2 Å². The summed E-state index contributed by atoms with van der Waals surface area (Å²) in [4.78, 5) is 12.7. The lowest BCUT2D eigenvalue weighted by Gasteiger charge is -2.07.